The van der Waals surface area contributed by atoms with Crippen molar-refractivity contribution in [1.82, 2.24) is 19.5 Å². The van der Waals surface area contributed by atoms with Crippen LogP contribution in [0.25, 0.3) is 22.1 Å². The molecule has 0 amide bonds. The van der Waals surface area contributed by atoms with Crippen LogP contribution in [-0.2, 0) is 17.2 Å². The van der Waals surface area contributed by atoms with Crippen LogP contribution in [0.2, 0.25) is 0 Å². The molecule has 4 rings (SSSR count). The first-order chi connectivity index (χ1) is 12.6. The number of nitrogens with zero attached hydrogens (tertiary/aromatic N) is 4. The van der Waals surface area contributed by atoms with Gasteiger partial charge in [0.1, 0.15) is 11.3 Å². The number of pyridine rings is 2. The molecule has 1 aromatic carbocycles. The van der Waals surface area contributed by atoms with E-state index in [1.165, 1.54) is 19.2 Å². The Kier molecular flexibility index (Phi) is 4.00. The van der Waals surface area contributed by atoms with Gasteiger partial charge in [0.15, 0.2) is 16.4 Å². The predicted octanol–water partition coefficient (Wildman–Crippen LogP) is 2.15. The van der Waals surface area contributed by atoms with E-state index in [0.717, 1.165) is 10.9 Å². The van der Waals surface area contributed by atoms with E-state index in [0.29, 0.717) is 29.2 Å². The van der Waals surface area contributed by atoms with Gasteiger partial charge in [-0.25, -0.2) is 22.8 Å². The Morgan fingerprint density at radius 1 is 1.19 bits per heavy atom. The SMILES string of the molecule is COc1ccc2c(ncc3ncn(Cc4ccc([SH](=O)=O)c(F)c4)c32)n1. The summed E-state index contributed by atoms with van der Waals surface area (Å²) in [5.74, 6) is -0.305. The molecule has 0 bridgehead atoms. The molecular weight excluding hydrogens is 359 g/mol. The number of thiol groups is 1. The van der Waals surface area contributed by atoms with Crippen LogP contribution in [0.4, 0.5) is 4.39 Å². The highest BCUT2D eigenvalue weighted by atomic mass is 32.2. The number of ether oxygens (including phenoxy) is 1. The number of fused-ring (bicyclic) bond motifs is 3. The third-order valence-corrected chi connectivity index (χ3v) is 4.81. The predicted molar refractivity (Wildman–Crippen MR) is 93.5 cm³/mol. The third-order valence-electron chi connectivity index (χ3n) is 4.05. The molecule has 26 heavy (non-hydrogen) atoms. The first-order valence-corrected chi connectivity index (χ1v) is 8.82. The first-order valence-electron chi connectivity index (χ1n) is 7.64. The van der Waals surface area contributed by atoms with Gasteiger partial charge in [0, 0.05) is 18.0 Å². The van der Waals surface area contributed by atoms with Crippen molar-refractivity contribution in [2.45, 2.75) is 11.4 Å². The topological polar surface area (TPSA) is 87.0 Å². The smallest absolute Gasteiger partial charge is 0.215 e. The molecule has 3 aromatic heterocycles. The normalized spacial score (nSPS) is 11.5. The van der Waals surface area contributed by atoms with Crippen molar-refractivity contribution < 1.29 is 17.5 Å². The van der Waals surface area contributed by atoms with Crippen molar-refractivity contribution >= 4 is 32.8 Å². The van der Waals surface area contributed by atoms with E-state index >= 15 is 0 Å². The lowest BCUT2D eigenvalue weighted by Crippen LogP contribution is -2.01. The monoisotopic (exact) mass is 372 g/mol. The number of imidazole rings is 1. The largest absolute Gasteiger partial charge is 0.481 e. The van der Waals surface area contributed by atoms with Gasteiger partial charge in [0.25, 0.3) is 0 Å². The van der Waals surface area contributed by atoms with Crippen LogP contribution in [0.1, 0.15) is 5.56 Å². The van der Waals surface area contributed by atoms with Crippen LogP contribution in [0.3, 0.4) is 0 Å². The average Bonchev–Trinajstić information content (AvgIpc) is 3.04. The molecule has 0 aliphatic heterocycles. The van der Waals surface area contributed by atoms with Crippen molar-refractivity contribution in [3.8, 4) is 5.88 Å². The minimum absolute atomic E-state index is 0.315. The number of rotatable bonds is 4. The summed E-state index contributed by atoms with van der Waals surface area (Å²) in [5.41, 5.74) is 2.63. The van der Waals surface area contributed by atoms with Gasteiger partial charge in [-0.15, -0.1) is 0 Å². The Morgan fingerprint density at radius 3 is 2.77 bits per heavy atom. The molecular formula is C17H13FN4O3S. The van der Waals surface area contributed by atoms with Crippen LogP contribution in [0.15, 0.2) is 47.8 Å². The fourth-order valence-corrected chi connectivity index (χ4v) is 3.28. The zero-order valence-electron chi connectivity index (χ0n) is 13.6. The molecule has 132 valence electrons. The van der Waals surface area contributed by atoms with Gasteiger partial charge >= 0.3 is 0 Å². The summed E-state index contributed by atoms with van der Waals surface area (Å²) in [7, 11) is -1.43. The second kappa shape index (κ2) is 6.34. The zero-order valence-corrected chi connectivity index (χ0v) is 14.5. The highest BCUT2D eigenvalue weighted by molar-refractivity contribution is 7.72. The molecule has 0 unspecified atom stereocenters. The quantitative estimate of drug-likeness (QED) is 0.553. The number of methoxy groups -OCH3 is 1. The van der Waals surface area contributed by atoms with Crippen molar-refractivity contribution in [2.75, 3.05) is 7.11 Å². The van der Waals surface area contributed by atoms with Crippen LogP contribution >= 0.6 is 0 Å². The number of hydrogen-bond acceptors (Lipinski definition) is 6. The molecule has 7 nitrogen and oxygen atoms in total. The summed E-state index contributed by atoms with van der Waals surface area (Å²) < 4.78 is 42.9. The Hall–Kier alpha value is -3.07. The summed E-state index contributed by atoms with van der Waals surface area (Å²) in [5, 5.41) is 0.792. The van der Waals surface area contributed by atoms with Crippen molar-refractivity contribution in [1.29, 1.82) is 0 Å². The first kappa shape index (κ1) is 16.4. The number of halogens is 1. The summed E-state index contributed by atoms with van der Waals surface area (Å²) in [6, 6.07) is 7.65. The molecule has 0 aliphatic carbocycles. The molecule has 0 saturated heterocycles. The molecule has 0 saturated carbocycles. The standard InChI is InChI=1S/C17H13FN4O3S/c1-25-15-5-3-11-16-13(7-19-17(11)21-15)20-9-22(16)8-10-2-4-14(26(23)24)12(18)6-10/h2-7,9,26H,8H2,1H3. The fourth-order valence-electron chi connectivity index (χ4n) is 2.85. The fraction of sp³-hybridized carbons (Fsp3) is 0.118. The van der Waals surface area contributed by atoms with Gasteiger partial charge in [0.2, 0.25) is 5.88 Å². The van der Waals surface area contributed by atoms with Crippen LogP contribution in [-0.4, -0.2) is 35.0 Å². The maximum absolute atomic E-state index is 13.9. The van der Waals surface area contributed by atoms with Gasteiger partial charge in [-0.1, -0.05) is 6.07 Å². The minimum Gasteiger partial charge on any atom is -0.481 e. The number of benzene rings is 1. The van der Waals surface area contributed by atoms with Crippen molar-refractivity contribution in [2.24, 2.45) is 0 Å². The Bertz CT molecular complexity index is 1210. The average molecular weight is 372 g/mol. The molecule has 0 N–H and O–H groups in total. The lowest BCUT2D eigenvalue weighted by molar-refractivity contribution is 0.399. The van der Waals surface area contributed by atoms with Crippen LogP contribution < -0.4 is 4.74 Å². The van der Waals surface area contributed by atoms with Gasteiger partial charge in [0.05, 0.1) is 30.0 Å². The van der Waals surface area contributed by atoms with E-state index in [-0.39, 0.29) is 4.90 Å². The second-order valence-electron chi connectivity index (χ2n) is 5.63. The van der Waals surface area contributed by atoms with E-state index in [4.69, 9.17) is 4.74 Å². The van der Waals surface area contributed by atoms with Gasteiger partial charge in [-0.3, -0.25) is 0 Å². The Labute approximate surface area is 149 Å². The van der Waals surface area contributed by atoms with E-state index in [9.17, 15) is 12.8 Å². The van der Waals surface area contributed by atoms with E-state index in [1.54, 1.807) is 24.7 Å². The van der Waals surface area contributed by atoms with E-state index < -0.39 is 16.5 Å². The maximum atomic E-state index is 13.9. The molecule has 0 radical (unpaired) electrons. The lowest BCUT2D eigenvalue weighted by atomic mass is 10.2. The molecule has 0 spiro atoms. The molecule has 4 aromatic rings. The number of hydrogen-bond donors (Lipinski definition) is 1. The summed E-state index contributed by atoms with van der Waals surface area (Å²) in [6.45, 7) is 0.328. The van der Waals surface area contributed by atoms with Crippen LogP contribution in [0, 0.1) is 5.82 Å². The van der Waals surface area contributed by atoms with Gasteiger partial charge in [-0.2, -0.15) is 4.98 Å². The van der Waals surface area contributed by atoms with Gasteiger partial charge < -0.3 is 9.30 Å². The third kappa shape index (κ3) is 2.76. The zero-order chi connectivity index (χ0) is 18.3. The summed E-state index contributed by atoms with van der Waals surface area (Å²) in [6.07, 6.45) is 3.25. The lowest BCUT2D eigenvalue weighted by Gasteiger charge is -2.08. The van der Waals surface area contributed by atoms with E-state index in [1.807, 2.05) is 10.6 Å². The highest BCUT2D eigenvalue weighted by Gasteiger charge is 2.12. The van der Waals surface area contributed by atoms with E-state index in [2.05, 4.69) is 15.0 Å². The molecule has 0 aliphatic rings. The van der Waals surface area contributed by atoms with Crippen LogP contribution in [0.5, 0.6) is 5.88 Å². The van der Waals surface area contributed by atoms with Crippen molar-refractivity contribution in [3.63, 3.8) is 0 Å². The molecule has 9 heteroatoms. The number of aromatic nitrogens is 4. The van der Waals surface area contributed by atoms with Gasteiger partial charge in [-0.05, 0) is 23.8 Å². The molecule has 3 heterocycles. The van der Waals surface area contributed by atoms with Crippen molar-refractivity contribution in [3.05, 3.63) is 54.2 Å². The molecule has 0 fully saturated rings. The maximum Gasteiger partial charge on any atom is 0.215 e. The second-order valence-corrected chi connectivity index (χ2v) is 6.63. The summed E-state index contributed by atoms with van der Waals surface area (Å²) >= 11 is 0. The molecule has 0 atom stereocenters. The minimum atomic E-state index is -2.96. The highest BCUT2D eigenvalue weighted by Crippen LogP contribution is 2.25. The Balaban J connectivity index is 1.82. The Morgan fingerprint density at radius 2 is 2.04 bits per heavy atom. The summed E-state index contributed by atoms with van der Waals surface area (Å²) in [4.78, 5) is 12.6.